The van der Waals surface area contributed by atoms with E-state index in [4.69, 9.17) is 0 Å². The van der Waals surface area contributed by atoms with Crippen molar-refractivity contribution in [2.45, 2.75) is 20.3 Å². The van der Waals surface area contributed by atoms with Crippen LogP contribution in [-0.4, -0.2) is 16.3 Å². The van der Waals surface area contributed by atoms with Crippen LogP contribution in [0.25, 0.3) is 0 Å². The number of aromatic amines is 1. The van der Waals surface area contributed by atoms with E-state index in [1.807, 2.05) is 13.8 Å². The molecule has 1 aromatic rings. The standard InChI is InChI=1S/C8H12N2O/c1-8(2,5-11)3-7-4-9-6-10-7/h4-6H,3H2,1-2H3,(H,9,10). The monoisotopic (exact) mass is 152 g/mol. The first-order valence-corrected chi connectivity index (χ1v) is 3.58. The Labute approximate surface area is 65.8 Å². The van der Waals surface area contributed by atoms with Crippen LogP contribution in [0.3, 0.4) is 0 Å². The number of rotatable bonds is 3. The molecule has 0 saturated heterocycles. The molecule has 0 fully saturated rings. The van der Waals surface area contributed by atoms with Crippen molar-refractivity contribution in [1.82, 2.24) is 9.97 Å². The van der Waals surface area contributed by atoms with Gasteiger partial charge in [0.05, 0.1) is 6.33 Å². The Morgan fingerprint density at radius 3 is 2.91 bits per heavy atom. The molecule has 11 heavy (non-hydrogen) atoms. The number of aromatic nitrogens is 2. The maximum atomic E-state index is 10.5. The molecule has 0 atom stereocenters. The van der Waals surface area contributed by atoms with E-state index in [9.17, 15) is 4.79 Å². The number of aldehydes is 1. The van der Waals surface area contributed by atoms with E-state index in [1.54, 1.807) is 12.5 Å². The fraction of sp³-hybridized carbons (Fsp3) is 0.500. The highest BCUT2D eigenvalue weighted by Gasteiger charge is 2.17. The minimum Gasteiger partial charge on any atom is -0.348 e. The number of hydrogen-bond donors (Lipinski definition) is 1. The van der Waals surface area contributed by atoms with Crippen LogP contribution in [0.2, 0.25) is 0 Å². The van der Waals surface area contributed by atoms with Gasteiger partial charge in [-0.25, -0.2) is 4.98 Å². The van der Waals surface area contributed by atoms with Gasteiger partial charge in [-0.05, 0) is 0 Å². The molecule has 1 N–H and O–H groups in total. The maximum absolute atomic E-state index is 10.5. The molecule has 0 saturated carbocycles. The minimum absolute atomic E-state index is 0.285. The van der Waals surface area contributed by atoms with Crippen molar-refractivity contribution in [2.75, 3.05) is 0 Å². The second kappa shape index (κ2) is 2.86. The summed E-state index contributed by atoms with van der Waals surface area (Å²) in [4.78, 5) is 17.3. The Bertz CT molecular complexity index is 226. The molecule has 0 aliphatic rings. The molecular weight excluding hydrogens is 140 g/mol. The van der Waals surface area contributed by atoms with Crippen molar-refractivity contribution >= 4 is 6.29 Å². The number of hydrogen-bond acceptors (Lipinski definition) is 2. The quantitative estimate of drug-likeness (QED) is 0.661. The number of carbonyl (C=O) groups excluding carboxylic acids is 1. The molecule has 60 valence electrons. The summed E-state index contributed by atoms with van der Waals surface area (Å²) in [6.07, 6.45) is 5.05. The molecule has 0 amide bonds. The van der Waals surface area contributed by atoms with Crippen LogP contribution >= 0.6 is 0 Å². The molecule has 0 unspecified atom stereocenters. The zero-order valence-corrected chi connectivity index (χ0v) is 6.79. The molecule has 3 nitrogen and oxygen atoms in total. The smallest absolute Gasteiger partial charge is 0.125 e. The average Bonchev–Trinajstić information content (AvgIpc) is 2.39. The molecule has 1 aromatic heterocycles. The van der Waals surface area contributed by atoms with Gasteiger partial charge in [-0.3, -0.25) is 0 Å². The highest BCUT2D eigenvalue weighted by atomic mass is 16.1. The molecular formula is C8H12N2O. The highest BCUT2D eigenvalue weighted by Crippen LogP contribution is 2.16. The van der Waals surface area contributed by atoms with Gasteiger partial charge in [0.15, 0.2) is 0 Å². The predicted octanol–water partition coefficient (Wildman–Crippen LogP) is 1.18. The molecule has 3 heteroatoms. The zero-order valence-electron chi connectivity index (χ0n) is 6.79. The number of nitrogens with zero attached hydrogens (tertiary/aromatic N) is 1. The van der Waals surface area contributed by atoms with Gasteiger partial charge in [0.2, 0.25) is 0 Å². The lowest BCUT2D eigenvalue weighted by Crippen LogP contribution is -2.16. The largest absolute Gasteiger partial charge is 0.348 e. The fourth-order valence-corrected chi connectivity index (χ4v) is 0.914. The molecule has 1 heterocycles. The van der Waals surface area contributed by atoms with Gasteiger partial charge >= 0.3 is 0 Å². The first-order chi connectivity index (χ1) is 5.14. The van der Waals surface area contributed by atoms with Crippen LogP contribution in [-0.2, 0) is 11.2 Å². The van der Waals surface area contributed by atoms with E-state index >= 15 is 0 Å². The topological polar surface area (TPSA) is 45.8 Å². The lowest BCUT2D eigenvalue weighted by Gasteiger charge is -2.14. The van der Waals surface area contributed by atoms with Gasteiger partial charge in [0.25, 0.3) is 0 Å². The van der Waals surface area contributed by atoms with E-state index in [2.05, 4.69) is 9.97 Å². The fourth-order valence-electron chi connectivity index (χ4n) is 0.914. The summed E-state index contributed by atoms with van der Waals surface area (Å²) in [5, 5.41) is 0. The number of H-pyrrole nitrogens is 1. The van der Waals surface area contributed by atoms with Crippen molar-refractivity contribution in [2.24, 2.45) is 5.41 Å². The minimum atomic E-state index is -0.285. The van der Waals surface area contributed by atoms with Crippen molar-refractivity contribution in [3.63, 3.8) is 0 Å². The van der Waals surface area contributed by atoms with Crippen molar-refractivity contribution in [3.8, 4) is 0 Å². The van der Waals surface area contributed by atoms with Gasteiger partial charge < -0.3 is 9.78 Å². The Morgan fingerprint density at radius 2 is 2.45 bits per heavy atom. The molecule has 0 spiro atoms. The van der Waals surface area contributed by atoms with Gasteiger partial charge in [-0.15, -0.1) is 0 Å². The molecule has 0 radical (unpaired) electrons. The van der Waals surface area contributed by atoms with Crippen LogP contribution in [0.1, 0.15) is 19.5 Å². The first-order valence-electron chi connectivity index (χ1n) is 3.58. The molecule has 0 aliphatic heterocycles. The van der Waals surface area contributed by atoms with Crippen LogP contribution in [0, 0.1) is 5.41 Å². The highest BCUT2D eigenvalue weighted by molar-refractivity contribution is 5.58. The normalized spacial score (nSPS) is 11.5. The Balaban J connectivity index is 2.63. The second-order valence-electron chi connectivity index (χ2n) is 3.36. The van der Waals surface area contributed by atoms with E-state index in [0.717, 1.165) is 18.4 Å². The van der Waals surface area contributed by atoms with Crippen LogP contribution < -0.4 is 0 Å². The Hall–Kier alpha value is -1.12. The predicted molar refractivity (Wildman–Crippen MR) is 42.1 cm³/mol. The summed E-state index contributed by atoms with van der Waals surface area (Å²) >= 11 is 0. The Morgan fingerprint density at radius 1 is 1.73 bits per heavy atom. The van der Waals surface area contributed by atoms with Crippen LogP contribution in [0.4, 0.5) is 0 Å². The van der Waals surface area contributed by atoms with Crippen LogP contribution in [0.15, 0.2) is 12.5 Å². The maximum Gasteiger partial charge on any atom is 0.125 e. The first kappa shape index (κ1) is 7.98. The lowest BCUT2D eigenvalue weighted by molar-refractivity contribution is -0.114. The van der Waals surface area contributed by atoms with Gasteiger partial charge in [-0.1, -0.05) is 13.8 Å². The third kappa shape index (κ3) is 2.18. The molecule has 0 aliphatic carbocycles. The van der Waals surface area contributed by atoms with Crippen molar-refractivity contribution < 1.29 is 4.79 Å². The van der Waals surface area contributed by atoms with Crippen LogP contribution in [0.5, 0.6) is 0 Å². The summed E-state index contributed by atoms with van der Waals surface area (Å²) in [6, 6.07) is 0. The lowest BCUT2D eigenvalue weighted by atomic mass is 9.90. The van der Waals surface area contributed by atoms with E-state index in [0.29, 0.717) is 0 Å². The molecule has 0 aromatic carbocycles. The molecule has 0 bridgehead atoms. The third-order valence-corrected chi connectivity index (χ3v) is 1.52. The van der Waals surface area contributed by atoms with E-state index < -0.39 is 0 Å². The molecule has 1 rings (SSSR count). The number of nitrogens with one attached hydrogen (secondary N) is 1. The third-order valence-electron chi connectivity index (χ3n) is 1.52. The van der Waals surface area contributed by atoms with E-state index in [1.165, 1.54) is 0 Å². The SMILES string of the molecule is CC(C)(C=O)Cc1cnc[nH]1. The van der Waals surface area contributed by atoms with Crippen molar-refractivity contribution in [1.29, 1.82) is 0 Å². The van der Waals surface area contributed by atoms with Gasteiger partial charge in [-0.2, -0.15) is 0 Å². The number of imidazole rings is 1. The summed E-state index contributed by atoms with van der Waals surface area (Å²) in [5.74, 6) is 0. The summed E-state index contributed by atoms with van der Waals surface area (Å²) in [5.41, 5.74) is 0.717. The van der Waals surface area contributed by atoms with Gasteiger partial charge in [0, 0.05) is 23.7 Å². The van der Waals surface area contributed by atoms with E-state index in [-0.39, 0.29) is 5.41 Å². The Kier molecular flexibility index (Phi) is 2.08. The average molecular weight is 152 g/mol. The summed E-state index contributed by atoms with van der Waals surface area (Å²) in [7, 11) is 0. The van der Waals surface area contributed by atoms with Crippen molar-refractivity contribution in [3.05, 3.63) is 18.2 Å². The zero-order chi connectivity index (χ0) is 8.32. The summed E-state index contributed by atoms with van der Waals surface area (Å²) < 4.78 is 0. The summed E-state index contributed by atoms with van der Waals surface area (Å²) in [6.45, 7) is 3.81. The number of carbonyl (C=O) groups is 1. The van der Waals surface area contributed by atoms with Gasteiger partial charge in [0.1, 0.15) is 6.29 Å². The second-order valence-corrected chi connectivity index (χ2v) is 3.36.